The van der Waals surface area contributed by atoms with Crippen molar-refractivity contribution in [1.29, 1.82) is 0 Å². The SMILES string of the molecule is O=C1/C(=C/c2cc(Br)ccc2OCc2ccccc2Cl)SC(=S)N1c1cccc(C(F)(F)F)c1. The summed E-state index contributed by atoms with van der Waals surface area (Å²) >= 11 is 15.9. The molecule has 1 fully saturated rings. The highest BCUT2D eigenvalue weighted by molar-refractivity contribution is 9.10. The summed E-state index contributed by atoms with van der Waals surface area (Å²) in [5.41, 5.74) is 0.607. The number of rotatable bonds is 5. The van der Waals surface area contributed by atoms with Crippen molar-refractivity contribution >= 4 is 73.5 Å². The third-order valence-corrected chi connectivity index (χ3v) is 6.99. The number of halogens is 5. The summed E-state index contributed by atoms with van der Waals surface area (Å²) in [5, 5.41) is 0.572. The number of thioether (sulfide) groups is 1. The van der Waals surface area contributed by atoms with Gasteiger partial charge in [0.25, 0.3) is 5.91 Å². The van der Waals surface area contributed by atoms with Crippen LogP contribution in [0, 0.1) is 0 Å². The number of nitrogens with zero attached hydrogens (tertiary/aromatic N) is 1. The van der Waals surface area contributed by atoms with Crippen molar-refractivity contribution in [3.63, 3.8) is 0 Å². The molecule has 1 aliphatic rings. The normalized spacial score (nSPS) is 15.3. The Labute approximate surface area is 216 Å². The summed E-state index contributed by atoms with van der Waals surface area (Å²) in [7, 11) is 0. The first-order valence-electron chi connectivity index (χ1n) is 9.74. The van der Waals surface area contributed by atoms with Gasteiger partial charge in [0.15, 0.2) is 4.32 Å². The highest BCUT2D eigenvalue weighted by Gasteiger charge is 2.36. The van der Waals surface area contributed by atoms with Crippen LogP contribution in [0.25, 0.3) is 6.08 Å². The van der Waals surface area contributed by atoms with E-state index in [0.29, 0.717) is 16.3 Å². The van der Waals surface area contributed by atoms with Crippen LogP contribution in [0.5, 0.6) is 5.75 Å². The maximum Gasteiger partial charge on any atom is 0.416 e. The van der Waals surface area contributed by atoms with Gasteiger partial charge in [-0.2, -0.15) is 13.2 Å². The number of alkyl halides is 3. The molecule has 0 aliphatic carbocycles. The molecule has 1 aliphatic heterocycles. The first-order chi connectivity index (χ1) is 16.1. The van der Waals surface area contributed by atoms with Crippen LogP contribution < -0.4 is 9.64 Å². The molecule has 3 nitrogen and oxygen atoms in total. The number of ether oxygens (including phenoxy) is 1. The van der Waals surface area contributed by atoms with Gasteiger partial charge in [-0.05, 0) is 48.5 Å². The zero-order chi connectivity index (χ0) is 24.5. The molecule has 0 N–H and O–H groups in total. The fraction of sp³-hybridized carbons (Fsp3) is 0.0833. The van der Waals surface area contributed by atoms with E-state index in [0.717, 1.165) is 38.8 Å². The van der Waals surface area contributed by atoms with Gasteiger partial charge in [-0.3, -0.25) is 9.69 Å². The van der Waals surface area contributed by atoms with Crippen LogP contribution in [0.1, 0.15) is 16.7 Å². The molecule has 10 heteroatoms. The highest BCUT2D eigenvalue weighted by atomic mass is 79.9. The van der Waals surface area contributed by atoms with Gasteiger partial charge in [-0.15, -0.1) is 0 Å². The monoisotopic (exact) mass is 583 g/mol. The molecule has 3 aromatic rings. The molecule has 174 valence electrons. The molecule has 0 bridgehead atoms. The molecule has 0 radical (unpaired) electrons. The minimum Gasteiger partial charge on any atom is -0.488 e. The molecule has 0 aromatic heterocycles. The highest BCUT2D eigenvalue weighted by Crippen LogP contribution is 2.39. The lowest BCUT2D eigenvalue weighted by Gasteiger charge is -2.16. The van der Waals surface area contributed by atoms with Gasteiger partial charge in [-0.1, -0.05) is 75.8 Å². The Morgan fingerprint density at radius 2 is 1.85 bits per heavy atom. The Bertz CT molecular complexity index is 1310. The minimum atomic E-state index is -4.53. The summed E-state index contributed by atoms with van der Waals surface area (Å²) in [4.78, 5) is 14.5. The number of hydrogen-bond donors (Lipinski definition) is 0. The Hall–Kier alpha value is -2.33. The number of carbonyl (C=O) groups is 1. The Morgan fingerprint density at radius 3 is 2.59 bits per heavy atom. The molecule has 1 heterocycles. The van der Waals surface area contributed by atoms with Crippen molar-refractivity contribution in [2.24, 2.45) is 0 Å². The summed E-state index contributed by atoms with van der Waals surface area (Å²) in [6, 6.07) is 17.1. The zero-order valence-corrected chi connectivity index (χ0v) is 21.1. The second kappa shape index (κ2) is 10.1. The quantitative estimate of drug-likeness (QED) is 0.224. The number of amides is 1. The van der Waals surface area contributed by atoms with Crippen LogP contribution in [0.15, 0.2) is 76.1 Å². The molecule has 1 amide bonds. The molecular formula is C24H14BrClF3NO2S2. The molecule has 34 heavy (non-hydrogen) atoms. The average molecular weight is 585 g/mol. The predicted molar refractivity (Wildman–Crippen MR) is 137 cm³/mol. The van der Waals surface area contributed by atoms with E-state index in [9.17, 15) is 18.0 Å². The van der Waals surface area contributed by atoms with E-state index in [2.05, 4.69) is 15.9 Å². The number of thiocarbonyl (C=S) groups is 1. The molecule has 0 spiro atoms. The van der Waals surface area contributed by atoms with Gasteiger partial charge in [0.05, 0.1) is 16.2 Å². The third kappa shape index (κ3) is 5.49. The van der Waals surface area contributed by atoms with E-state index in [1.54, 1.807) is 30.3 Å². The lowest BCUT2D eigenvalue weighted by Crippen LogP contribution is -2.27. The summed E-state index contributed by atoms with van der Waals surface area (Å²) in [5.74, 6) is -0.00110. The second-order valence-corrected chi connectivity index (χ2v) is 10.1. The maximum atomic E-state index is 13.1. The van der Waals surface area contributed by atoms with Crippen LogP contribution in [-0.4, -0.2) is 10.2 Å². The van der Waals surface area contributed by atoms with Gasteiger partial charge >= 0.3 is 6.18 Å². The number of hydrogen-bond acceptors (Lipinski definition) is 4. The van der Waals surface area contributed by atoms with Crippen LogP contribution in [0.2, 0.25) is 5.02 Å². The van der Waals surface area contributed by atoms with E-state index >= 15 is 0 Å². The lowest BCUT2D eigenvalue weighted by molar-refractivity contribution is -0.137. The smallest absolute Gasteiger partial charge is 0.416 e. The summed E-state index contributed by atoms with van der Waals surface area (Å²) in [6.45, 7) is 0.216. The summed E-state index contributed by atoms with van der Waals surface area (Å²) < 4.78 is 46.3. The second-order valence-electron chi connectivity index (χ2n) is 7.13. The summed E-state index contributed by atoms with van der Waals surface area (Å²) in [6.07, 6.45) is -2.92. The minimum absolute atomic E-state index is 0.0603. The molecule has 1 saturated heterocycles. The zero-order valence-electron chi connectivity index (χ0n) is 17.1. The van der Waals surface area contributed by atoms with E-state index in [1.807, 2.05) is 18.2 Å². The van der Waals surface area contributed by atoms with Crippen molar-refractivity contribution in [2.45, 2.75) is 12.8 Å². The largest absolute Gasteiger partial charge is 0.488 e. The Morgan fingerprint density at radius 1 is 1.09 bits per heavy atom. The average Bonchev–Trinajstić information content (AvgIpc) is 3.06. The van der Waals surface area contributed by atoms with Crippen molar-refractivity contribution in [3.8, 4) is 5.75 Å². The molecule has 0 unspecified atom stereocenters. The van der Waals surface area contributed by atoms with Crippen LogP contribution in [0.4, 0.5) is 18.9 Å². The fourth-order valence-corrected chi connectivity index (χ4v) is 5.05. The first-order valence-corrected chi connectivity index (χ1v) is 12.1. The van der Waals surface area contributed by atoms with Gasteiger partial charge in [0.2, 0.25) is 0 Å². The maximum absolute atomic E-state index is 13.1. The molecular weight excluding hydrogens is 571 g/mol. The van der Waals surface area contributed by atoms with E-state index in [4.69, 9.17) is 28.6 Å². The van der Waals surface area contributed by atoms with Crippen molar-refractivity contribution in [1.82, 2.24) is 0 Å². The Kier molecular flexibility index (Phi) is 7.37. The molecule has 0 saturated carbocycles. The van der Waals surface area contributed by atoms with Gasteiger partial charge in [0.1, 0.15) is 12.4 Å². The third-order valence-electron chi connectivity index (χ3n) is 4.82. The van der Waals surface area contributed by atoms with Gasteiger partial charge in [0, 0.05) is 20.6 Å². The Balaban J connectivity index is 1.62. The van der Waals surface area contributed by atoms with E-state index < -0.39 is 17.6 Å². The predicted octanol–water partition coefficient (Wildman–Crippen LogP) is 8.11. The molecule has 3 aromatic carbocycles. The standard InChI is InChI=1S/C24H14BrClF3NO2S2/c25-17-8-9-20(32-13-14-4-1-2-7-19(14)26)15(10-17)11-21-22(31)30(23(33)34-21)18-6-3-5-16(12-18)24(27,28)29/h1-12H,13H2/b21-11-. The molecule has 0 atom stereocenters. The van der Waals surface area contributed by atoms with Crippen LogP contribution >= 0.6 is 51.5 Å². The lowest BCUT2D eigenvalue weighted by atomic mass is 10.1. The number of benzene rings is 3. The van der Waals surface area contributed by atoms with Gasteiger partial charge < -0.3 is 4.74 Å². The number of carbonyl (C=O) groups excluding carboxylic acids is 1. The van der Waals surface area contributed by atoms with Crippen LogP contribution in [-0.2, 0) is 17.6 Å². The van der Waals surface area contributed by atoms with E-state index in [1.165, 1.54) is 12.1 Å². The first kappa shape index (κ1) is 24.8. The van der Waals surface area contributed by atoms with Crippen molar-refractivity contribution in [3.05, 3.63) is 97.8 Å². The topological polar surface area (TPSA) is 29.5 Å². The number of anilines is 1. The van der Waals surface area contributed by atoms with E-state index in [-0.39, 0.29) is 21.5 Å². The van der Waals surface area contributed by atoms with Gasteiger partial charge in [-0.25, -0.2) is 0 Å². The fourth-order valence-electron chi connectivity index (χ4n) is 3.19. The van der Waals surface area contributed by atoms with Crippen molar-refractivity contribution < 1.29 is 22.7 Å². The van der Waals surface area contributed by atoms with Crippen molar-refractivity contribution in [2.75, 3.05) is 4.90 Å². The van der Waals surface area contributed by atoms with Crippen LogP contribution in [0.3, 0.4) is 0 Å². The molecule has 4 rings (SSSR count).